The third-order valence-electron chi connectivity index (χ3n) is 5.45. The lowest BCUT2D eigenvalue weighted by Crippen LogP contribution is -2.43. The maximum atomic E-state index is 12.5. The van der Waals surface area contributed by atoms with Crippen molar-refractivity contribution < 1.29 is 13.3 Å². The van der Waals surface area contributed by atoms with E-state index in [9.17, 15) is 18.5 Å². The highest BCUT2D eigenvalue weighted by Crippen LogP contribution is 2.28. The minimum absolute atomic E-state index is 0.0949. The quantitative estimate of drug-likeness (QED) is 0.308. The second kappa shape index (κ2) is 11.0. The topological polar surface area (TPSA) is 108 Å². The first-order valence-electron chi connectivity index (χ1n) is 10.5. The van der Waals surface area contributed by atoms with Gasteiger partial charge in [0.1, 0.15) is 5.69 Å². The molecule has 2 rings (SSSR count). The molecule has 1 aromatic carbocycles. The van der Waals surface area contributed by atoms with E-state index in [2.05, 4.69) is 28.8 Å². The molecule has 2 unspecified atom stereocenters. The van der Waals surface area contributed by atoms with Crippen molar-refractivity contribution in [2.24, 2.45) is 5.92 Å². The van der Waals surface area contributed by atoms with Crippen LogP contribution in [0.2, 0.25) is 0 Å². The molecule has 0 saturated carbocycles. The van der Waals surface area contributed by atoms with E-state index in [1.54, 1.807) is 0 Å². The molecule has 1 fully saturated rings. The van der Waals surface area contributed by atoms with Crippen LogP contribution in [0.3, 0.4) is 0 Å². The molecule has 0 amide bonds. The number of likely N-dealkylation sites (tertiary alicyclic amines) is 1. The Balaban J connectivity index is 2.04. The van der Waals surface area contributed by atoms with Gasteiger partial charge in [0.05, 0.1) is 9.82 Å². The van der Waals surface area contributed by atoms with Crippen LogP contribution in [-0.2, 0) is 10.0 Å². The molecule has 0 bridgehead atoms. The van der Waals surface area contributed by atoms with Gasteiger partial charge in [-0.3, -0.25) is 15.0 Å². The van der Waals surface area contributed by atoms with E-state index in [0.29, 0.717) is 24.6 Å². The molecule has 10 heteroatoms. The summed E-state index contributed by atoms with van der Waals surface area (Å²) in [6.07, 6.45) is 3.06. The molecular weight excluding hydrogens is 406 g/mol. The molecule has 1 aliphatic heterocycles. The van der Waals surface area contributed by atoms with Crippen molar-refractivity contribution in [3.05, 3.63) is 28.3 Å². The van der Waals surface area contributed by atoms with Gasteiger partial charge in [0.15, 0.2) is 0 Å². The van der Waals surface area contributed by atoms with Gasteiger partial charge >= 0.3 is 0 Å². The second-order valence-corrected chi connectivity index (χ2v) is 10.2. The molecule has 1 aromatic rings. The average molecular weight is 442 g/mol. The van der Waals surface area contributed by atoms with E-state index < -0.39 is 14.9 Å². The summed E-state index contributed by atoms with van der Waals surface area (Å²) in [5, 5.41) is 14.7. The molecule has 0 radical (unpaired) electrons. The summed E-state index contributed by atoms with van der Waals surface area (Å²) in [6, 6.07) is 4.26. The van der Waals surface area contributed by atoms with Crippen LogP contribution in [0.5, 0.6) is 0 Å². The number of nitro benzene ring substituents is 1. The number of nitrogens with one attached hydrogen (secondary N) is 2. The van der Waals surface area contributed by atoms with Gasteiger partial charge in [0, 0.05) is 31.7 Å². The number of piperidine rings is 1. The summed E-state index contributed by atoms with van der Waals surface area (Å²) >= 11 is 0. The fraction of sp³-hybridized carbons (Fsp3) is 0.700. The van der Waals surface area contributed by atoms with Crippen molar-refractivity contribution in [2.45, 2.75) is 44.0 Å². The Morgan fingerprint density at radius 2 is 2.10 bits per heavy atom. The maximum Gasteiger partial charge on any atom is 0.293 e. The Kier molecular flexibility index (Phi) is 9.02. The van der Waals surface area contributed by atoms with E-state index in [1.807, 2.05) is 19.0 Å². The molecule has 2 atom stereocenters. The van der Waals surface area contributed by atoms with Crippen LogP contribution < -0.4 is 10.0 Å². The lowest BCUT2D eigenvalue weighted by molar-refractivity contribution is -0.384. The summed E-state index contributed by atoms with van der Waals surface area (Å²) in [7, 11) is 0.0315. The van der Waals surface area contributed by atoms with Crippen LogP contribution in [0.4, 0.5) is 11.4 Å². The number of sulfonamides is 1. The molecule has 1 aliphatic rings. The Hall–Kier alpha value is -1.75. The molecule has 0 aromatic heterocycles. The third kappa shape index (κ3) is 7.19. The Labute approximate surface area is 180 Å². The Bertz CT molecular complexity index is 815. The molecule has 0 aliphatic carbocycles. The molecule has 170 valence electrons. The summed E-state index contributed by atoms with van der Waals surface area (Å²) < 4.78 is 27.5. The fourth-order valence-corrected chi connectivity index (χ4v) is 4.77. The number of nitrogens with zero attached hydrogens (tertiary/aromatic N) is 3. The smallest absolute Gasteiger partial charge is 0.293 e. The lowest BCUT2D eigenvalue weighted by atomic mass is 9.99. The zero-order valence-electron chi connectivity index (χ0n) is 18.4. The van der Waals surface area contributed by atoms with Crippen LogP contribution in [0, 0.1) is 16.0 Å². The second-order valence-electron chi connectivity index (χ2n) is 8.46. The largest absolute Gasteiger partial charge is 0.378 e. The van der Waals surface area contributed by atoms with Crippen molar-refractivity contribution >= 4 is 21.4 Å². The fourth-order valence-electron chi connectivity index (χ4n) is 3.68. The van der Waals surface area contributed by atoms with Crippen molar-refractivity contribution in [3.63, 3.8) is 0 Å². The highest BCUT2D eigenvalue weighted by atomic mass is 32.2. The van der Waals surface area contributed by atoms with Gasteiger partial charge in [0.2, 0.25) is 10.0 Å². The number of hydrogen-bond acceptors (Lipinski definition) is 7. The maximum absolute atomic E-state index is 12.5. The predicted molar refractivity (Wildman–Crippen MR) is 119 cm³/mol. The highest BCUT2D eigenvalue weighted by Gasteiger charge is 2.24. The average Bonchev–Trinajstić information content (AvgIpc) is 2.69. The number of rotatable bonds is 11. The molecule has 0 spiro atoms. The Morgan fingerprint density at radius 3 is 2.73 bits per heavy atom. The van der Waals surface area contributed by atoms with Crippen molar-refractivity contribution in [1.82, 2.24) is 14.5 Å². The standard InChI is InChI=1S/C20H35N5O4S/c1-16-7-5-12-24(15-16)17(2)14-21-19-9-8-18(13-20(19)25(26)27)30(28,29)22-10-6-11-23(3)4/h8-9,13,16-17,21-22H,5-7,10-12,14-15H2,1-4H3. The first kappa shape index (κ1) is 24.5. The third-order valence-corrected chi connectivity index (χ3v) is 6.91. The SMILES string of the molecule is CC1CCCN(C(C)CNc2ccc(S(=O)(=O)NCCCN(C)C)cc2[N+](=O)[O-])C1. The number of nitro groups is 1. The van der Waals surface area contributed by atoms with Gasteiger partial charge in [-0.25, -0.2) is 13.1 Å². The molecule has 2 N–H and O–H groups in total. The summed E-state index contributed by atoms with van der Waals surface area (Å²) in [4.78, 5) is 15.3. The molecular formula is C20H35N5O4S. The zero-order valence-corrected chi connectivity index (χ0v) is 19.2. The van der Waals surface area contributed by atoms with Crippen LogP contribution >= 0.6 is 0 Å². The van der Waals surface area contributed by atoms with E-state index in [1.165, 1.54) is 25.0 Å². The first-order valence-corrected chi connectivity index (χ1v) is 12.0. The number of benzene rings is 1. The predicted octanol–water partition coefficient (Wildman–Crippen LogP) is 2.36. The normalized spacial score (nSPS) is 19.0. The van der Waals surface area contributed by atoms with Crippen LogP contribution in [-0.4, -0.2) is 76.0 Å². The van der Waals surface area contributed by atoms with E-state index >= 15 is 0 Å². The van der Waals surface area contributed by atoms with Gasteiger partial charge in [0.25, 0.3) is 5.69 Å². The van der Waals surface area contributed by atoms with Crippen LogP contribution in [0.1, 0.15) is 33.1 Å². The summed E-state index contributed by atoms with van der Waals surface area (Å²) in [5.41, 5.74) is 0.105. The number of anilines is 1. The van der Waals surface area contributed by atoms with E-state index in [-0.39, 0.29) is 23.2 Å². The molecule has 30 heavy (non-hydrogen) atoms. The van der Waals surface area contributed by atoms with Crippen molar-refractivity contribution in [2.75, 3.05) is 52.1 Å². The Morgan fingerprint density at radius 1 is 1.37 bits per heavy atom. The van der Waals surface area contributed by atoms with Gasteiger partial charge in [-0.2, -0.15) is 0 Å². The first-order chi connectivity index (χ1) is 14.1. The van der Waals surface area contributed by atoms with Crippen LogP contribution in [0.25, 0.3) is 0 Å². The summed E-state index contributed by atoms with van der Waals surface area (Å²) in [6.45, 7) is 7.99. The van der Waals surface area contributed by atoms with Gasteiger partial charge < -0.3 is 10.2 Å². The highest BCUT2D eigenvalue weighted by molar-refractivity contribution is 7.89. The van der Waals surface area contributed by atoms with Gasteiger partial charge in [-0.1, -0.05) is 6.92 Å². The number of hydrogen-bond donors (Lipinski definition) is 2. The van der Waals surface area contributed by atoms with Crippen molar-refractivity contribution in [3.8, 4) is 0 Å². The van der Waals surface area contributed by atoms with Crippen molar-refractivity contribution in [1.29, 1.82) is 0 Å². The minimum Gasteiger partial charge on any atom is -0.378 e. The van der Waals surface area contributed by atoms with Crippen LogP contribution in [0.15, 0.2) is 23.1 Å². The van der Waals surface area contributed by atoms with E-state index in [0.717, 1.165) is 25.7 Å². The van der Waals surface area contributed by atoms with E-state index in [4.69, 9.17) is 0 Å². The molecule has 1 saturated heterocycles. The molecule has 9 nitrogen and oxygen atoms in total. The lowest BCUT2D eigenvalue weighted by Gasteiger charge is -2.35. The van der Waals surface area contributed by atoms with Gasteiger partial charge in [-0.05, 0) is 71.4 Å². The van der Waals surface area contributed by atoms with Gasteiger partial charge in [-0.15, -0.1) is 0 Å². The molecule has 1 heterocycles. The monoisotopic (exact) mass is 441 g/mol. The summed E-state index contributed by atoms with van der Waals surface area (Å²) in [5.74, 6) is 0.658. The zero-order chi connectivity index (χ0) is 22.3. The minimum atomic E-state index is -3.79.